The van der Waals surface area contributed by atoms with Gasteiger partial charge in [-0.3, -0.25) is 9.36 Å². The van der Waals surface area contributed by atoms with Gasteiger partial charge < -0.3 is 0 Å². The zero-order chi connectivity index (χ0) is 16.5. The molecule has 0 atom stereocenters. The molecule has 0 N–H and O–H groups in total. The quantitative estimate of drug-likeness (QED) is 0.638. The van der Waals surface area contributed by atoms with Crippen LogP contribution in [0.15, 0.2) is 34.2 Å². The maximum Gasteiger partial charge on any atom is 0.254 e. The summed E-state index contributed by atoms with van der Waals surface area (Å²) in [6, 6.07) is 5.32. The Labute approximate surface area is 132 Å². The third-order valence-electron chi connectivity index (χ3n) is 3.21. The molecule has 6 heteroatoms. The molecule has 1 aromatic heterocycles. The monoisotopic (exact) mass is 324 g/mol. The maximum atomic E-state index is 13.2. The first kappa shape index (κ1) is 16.7. The van der Waals surface area contributed by atoms with E-state index < -0.39 is 11.6 Å². The summed E-state index contributed by atoms with van der Waals surface area (Å²) in [5, 5.41) is 0.558. The van der Waals surface area contributed by atoms with Gasteiger partial charge in [-0.1, -0.05) is 38.6 Å². The molecule has 22 heavy (non-hydrogen) atoms. The number of halogens is 2. The van der Waals surface area contributed by atoms with E-state index in [1.165, 1.54) is 28.5 Å². The molecule has 1 heterocycles. The smallest absolute Gasteiger partial charge is 0.254 e. The van der Waals surface area contributed by atoms with Crippen molar-refractivity contribution in [2.24, 2.45) is 7.05 Å². The Morgan fingerprint density at radius 3 is 2.45 bits per heavy atom. The van der Waals surface area contributed by atoms with E-state index in [2.05, 4.69) is 4.98 Å². The van der Waals surface area contributed by atoms with Gasteiger partial charge in [0.1, 0.15) is 0 Å². The van der Waals surface area contributed by atoms with E-state index in [0.29, 0.717) is 22.2 Å². The average Bonchev–Trinajstić information content (AvgIpc) is 2.42. The largest absolute Gasteiger partial charge is 0.291 e. The van der Waals surface area contributed by atoms with Gasteiger partial charge in [0.05, 0.1) is 5.69 Å². The second-order valence-corrected chi connectivity index (χ2v) is 7.05. The predicted octanol–water partition coefficient (Wildman–Crippen LogP) is 3.65. The van der Waals surface area contributed by atoms with Crippen LogP contribution in [0, 0.1) is 11.6 Å². The molecule has 118 valence electrons. The third-order valence-corrected chi connectivity index (χ3v) is 4.32. The number of nitrogens with zero attached hydrogens (tertiary/aromatic N) is 2. The Balaban J connectivity index is 2.27. The van der Waals surface area contributed by atoms with Crippen LogP contribution in [0.4, 0.5) is 8.78 Å². The lowest BCUT2D eigenvalue weighted by molar-refractivity contribution is 0.507. The van der Waals surface area contributed by atoms with Crippen LogP contribution in [0.5, 0.6) is 0 Å². The highest BCUT2D eigenvalue weighted by atomic mass is 32.2. The minimum atomic E-state index is -0.872. The molecule has 0 radical (unpaired) electrons. The van der Waals surface area contributed by atoms with E-state index in [-0.39, 0.29) is 11.0 Å². The van der Waals surface area contributed by atoms with Crippen molar-refractivity contribution < 1.29 is 8.78 Å². The predicted molar refractivity (Wildman–Crippen MR) is 84.1 cm³/mol. The van der Waals surface area contributed by atoms with E-state index in [4.69, 9.17) is 0 Å². The second-order valence-electron chi connectivity index (χ2n) is 6.11. The fourth-order valence-corrected chi connectivity index (χ4v) is 2.73. The number of hydrogen-bond donors (Lipinski definition) is 0. The summed E-state index contributed by atoms with van der Waals surface area (Å²) >= 11 is 1.32. The normalized spacial score (nSPS) is 11.7. The summed E-state index contributed by atoms with van der Waals surface area (Å²) in [7, 11) is 1.65. The minimum absolute atomic E-state index is 0.132. The van der Waals surface area contributed by atoms with Crippen LogP contribution >= 0.6 is 11.8 Å². The van der Waals surface area contributed by atoms with Crippen molar-refractivity contribution >= 4 is 11.8 Å². The molecule has 3 nitrogen and oxygen atoms in total. The van der Waals surface area contributed by atoms with Crippen molar-refractivity contribution in [1.29, 1.82) is 0 Å². The van der Waals surface area contributed by atoms with Gasteiger partial charge >= 0.3 is 0 Å². The fourth-order valence-electron chi connectivity index (χ4n) is 1.81. The summed E-state index contributed by atoms with van der Waals surface area (Å²) in [5.41, 5.74) is 0.987. The summed E-state index contributed by atoms with van der Waals surface area (Å²) in [6.07, 6.45) is 0. The van der Waals surface area contributed by atoms with Crippen molar-refractivity contribution in [2.45, 2.75) is 37.1 Å². The van der Waals surface area contributed by atoms with Gasteiger partial charge in [-0.2, -0.15) is 0 Å². The van der Waals surface area contributed by atoms with Crippen LogP contribution in [0.3, 0.4) is 0 Å². The standard InChI is InChI=1S/C16H18F2N2OS/c1-16(2,3)13-8-14(21)20(4)15(19-13)22-9-10-5-6-11(17)12(18)7-10/h5-8H,9H2,1-4H3. The maximum absolute atomic E-state index is 13.2. The summed E-state index contributed by atoms with van der Waals surface area (Å²) < 4.78 is 27.6. The highest BCUT2D eigenvalue weighted by Crippen LogP contribution is 2.24. The minimum Gasteiger partial charge on any atom is -0.291 e. The first-order chi connectivity index (χ1) is 10.2. The van der Waals surface area contributed by atoms with E-state index in [9.17, 15) is 13.6 Å². The summed E-state index contributed by atoms with van der Waals surface area (Å²) in [4.78, 5) is 16.5. The SMILES string of the molecule is Cn1c(SCc2ccc(F)c(F)c2)nc(C(C)(C)C)cc1=O. The average molecular weight is 324 g/mol. The Kier molecular flexibility index (Phi) is 4.70. The highest BCUT2D eigenvalue weighted by molar-refractivity contribution is 7.98. The number of aromatic nitrogens is 2. The lowest BCUT2D eigenvalue weighted by Gasteiger charge is -2.19. The van der Waals surface area contributed by atoms with Crippen LogP contribution in [-0.2, 0) is 18.2 Å². The molecule has 0 aliphatic heterocycles. The molecule has 0 bridgehead atoms. The van der Waals surface area contributed by atoms with Gasteiger partial charge in [0.2, 0.25) is 0 Å². The molecule has 0 unspecified atom stereocenters. The lowest BCUT2D eigenvalue weighted by atomic mass is 9.92. The van der Waals surface area contributed by atoms with E-state index in [0.717, 1.165) is 12.1 Å². The third kappa shape index (κ3) is 3.74. The second kappa shape index (κ2) is 6.20. The van der Waals surface area contributed by atoms with Crippen LogP contribution < -0.4 is 5.56 Å². The molecular formula is C16H18F2N2OS. The van der Waals surface area contributed by atoms with Crippen molar-refractivity contribution in [3.63, 3.8) is 0 Å². The molecule has 0 amide bonds. The lowest BCUT2D eigenvalue weighted by Crippen LogP contribution is -2.25. The molecule has 0 saturated carbocycles. The first-order valence-electron chi connectivity index (χ1n) is 6.84. The Hall–Kier alpha value is -1.69. The molecule has 0 aliphatic rings. The molecule has 1 aromatic carbocycles. The van der Waals surface area contributed by atoms with Gasteiger partial charge in [-0.05, 0) is 17.7 Å². The van der Waals surface area contributed by atoms with Gasteiger partial charge in [-0.25, -0.2) is 13.8 Å². The van der Waals surface area contributed by atoms with Gasteiger partial charge in [-0.15, -0.1) is 0 Å². The number of thioether (sulfide) groups is 1. The topological polar surface area (TPSA) is 34.9 Å². The van der Waals surface area contributed by atoms with Crippen molar-refractivity contribution in [2.75, 3.05) is 0 Å². The fraction of sp³-hybridized carbons (Fsp3) is 0.375. The molecule has 2 aromatic rings. The van der Waals surface area contributed by atoms with Crippen LogP contribution in [0.2, 0.25) is 0 Å². The molecule has 0 saturated heterocycles. The number of hydrogen-bond acceptors (Lipinski definition) is 3. The molecule has 2 rings (SSSR count). The Bertz CT molecular complexity index is 751. The zero-order valence-electron chi connectivity index (χ0n) is 13.0. The van der Waals surface area contributed by atoms with Crippen LogP contribution in [0.25, 0.3) is 0 Å². The van der Waals surface area contributed by atoms with Crippen molar-refractivity contribution in [3.05, 3.63) is 57.5 Å². The first-order valence-corrected chi connectivity index (χ1v) is 7.82. The van der Waals surface area contributed by atoms with Gasteiger partial charge in [0, 0.05) is 24.3 Å². The van der Waals surface area contributed by atoms with E-state index in [1.807, 2.05) is 20.8 Å². The molecule has 0 fully saturated rings. The zero-order valence-corrected chi connectivity index (χ0v) is 13.8. The Morgan fingerprint density at radius 2 is 1.86 bits per heavy atom. The number of benzene rings is 1. The molecule has 0 spiro atoms. The highest BCUT2D eigenvalue weighted by Gasteiger charge is 2.18. The molecular weight excluding hydrogens is 306 g/mol. The van der Waals surface area contributed by atoms with Crippen LogP contribution in [-0.4, -0.2) is 9.55 Å². The van der Waals surface area contributed by atoms with Gasteiger partial charge in [0.25, 0.3) is 5.56 Å². The number of rotatable bonds is 3. The Morgan fingerprint density at radius 1 is 1.18 bits per heavy atom. The van der Waals surface area contributed by atoms with E-state index >= 15 is 0 Å². The summed E-state index contributed by atoms with van der Waals surface area (Å²) in [5.74, 6) is -1.33. The van der Waals surface area contributed by atoms with Crippen molar-refractivity contribution in [1.82, 2.24) is 9.55 Å². The van der Waals surface area contributed by atoms with Gasteiger partial charge in [0.15, 0.2) is 16.8 Å². The van der Waals surface area contributed by atoms with E-state index in [1.54, 1.807) is 7.05 Å². The molecule has 0 aliphatic carbocycles. The summed E-state index contributed by atoms with van der Waals surface area (Å²) in [6.45, 7) is 5.95. The van der Waals surface area contributed by atoms with Crippen molar-refractivity contribution in [3.8, 4) is 0 Å². The van der Waals surface area contributed by atoms with Crippen LogP contribution in [0.1, 0.15) is 32.0 Å².